The first-order valence-electron chi connectivity index (χ1n) is 6.85. The topological polar surface area (TPSA) is 60.8 Å². The zero-order valence-electron chi connectivity index (χ0n) is 11.3. The third-order valence-electron chi connectivity index (χ3n) is 3.75. The van der Waals surface area contributed by atoms with Crippen molar-refractivity contribution in [1.82, 2.24) is 4.90 Å². The van der Waals surface area contributed by atoms with Crippen LogP contribution in [0.25, 0.3) is 0 Å². The summed E-state index contributed by atoms with van der Waals surface area (Å²) in [5.41, 5.74) is 1.24. The fourth-order valence-electron chi connectivity index (χ4n) is 2.75. The maximum absolute atomic E-state index is 12.5. The van der Waals surface area contributed by atoms with E-state index in [-0.39, 0.29) is 24.3 Å². The molecule has 104 valence electrons. The maximum atomic E-state index is 12.5. The van der Waals surface area contributed by atoms with Crippen molar-refractivity contribution in [2.24, 2.45) is 0 Å². The molecule has 19 heavy (non-hydrogen) atoms. The van der Waals surface area contributed by atoms with Crippen LogP contribution in [0.3, 0.4) is 0 Å². The molecule has 0 bridgehead atoms. The molecular weight excluding hydrogens is 242 g/mol. The highest BCUT2D eigenvalue weighted by Gasteiger charge is 2.28. The van der Waals surface area contributed by atoms with Gasteiger partial charge in [-0.3, -0.25) is 4.79 Å². The second-order valence-electron chi connectivity index (χ2n) is 5.18. The molecule has 0 aromatic heterocycles. The summed E-state index contributed by atoms with van der Waals surface area (Å²) >= 11 is 0. The molecule has 1 aliphatic carbocycles. The largest absolute Gasteiger partial charge is 0.507 e. The van der Waals surface area contributed by atoms with Gasteiger partial charge in [-0.15, -0.1) is 0 Å². The number of hydrogen-bond donors (Lipinski definition) is 2. The predicted octanol–water partition coefficient (Wildman–Crippen LogP) is 2.08. The molecule has 2 N–H and O–H groups in total. The van der Waals surface area contributed by atoms with E-state index >= 15 is 0 Å². The molecule has 2 rings (SSSR count). The molecule has 1 amide bonds. The molecule has 0 atom stereocenters. The number of aliphatic hydroxyl groups excluding tert-OH is 1. The predicted molar refractivity (Wildman–Crippen MR) is 73.2 cm³/mol. The molecule has 1 saturated carbocycles. The van der Waals surface area contributed by atoms with Crippen LogP contribution in [0.1, 0.15) is 41.6 Å². The van der Waals surface area contributed by atoms with E-state index < -0.39 is 0 Å². The number of aryl methyl sites for hydroxylation is 1. The number of rotatable bonds is 4. The molecule has 0 unspecified atom stereocenters. The van der Waals surface area contributed by atoms with Crippen molar-refractivity contribution in [3.63, 3.8) is 0 Å². The Kier molecular flexibility index (Phi) is 4.43. The molecule has 1 aromatic carbocycles. The fraction of sp³-hybridized carbons (Fsp3) is 0.533. The van der Waals surface area contributed by atoms with E-state index in [0.717, 1.165) is 31.2 Å². The molecule has 1 fully saturated rings. The van der Waals surface area contributed by atoms with Gasteiger partial charge in [-0.05, 0) is 37.5 Å². The standard InChI is InChI=1S/C15H21NO3/c1-11-6-7-13(14(18)10-11)15(19)16(8-9-17)12-4-2-3-5-12/h6-7,10,12,17-18H,2-5,8-9H2,1H3. The van der Waals surface area contributed by atoms with Gasteiger partial charge in [0.1, 0.15) is 5.75 Å². The zero-order chi connectivity index (χ0) is 13.8. The number of aromatic hydroxyl groups is 1. The molecule has 1 aliphatic rings. The van der Waals surface area contributed by atoms with Crippen molar-refractivity contribution < 1.29 is 15.0 Å². The summed E-state index contributed by atoms with van der Waals surface area (Å²) in [6, 6.07) is 5.27. The Hall–Kier alpha value is -1.55. The first-order chi connectivity index (χ1) is 9.13. The van der Waals surface area contributed by atoms with Crippen LogP contribution in [0.2, 0.25) is 0 Å². The number of benzene rings is 1. The lowest BCUT2D eigenvalue weighted by atomic mass is 10.1. The van der Waals surface area contributed by atoms with Crippen molar-refractivity contribution in [2.45, 2.75) is 38.6 Å². The monoisotopic (exact) mass is 263 g/mol. The molecule has 0 aliphatic heterocycles. The molecule has 0 radical (unpaired) electrons. The maximum Gasteiger partial charge on any atom is 0.257 e. The lowest BCUT2D eigenvalue weighted by Crippen LogP contribution is -2.40. The Labute approximate surface area is 113 Å². The van der Waals surface area contributed by atoms with E-state index in [4.69, 9.17) is 5.11 Å². The van der Waals surface area contributed by atoms with Crippen molar-refractivity contribution in [1.29, 1.82) is 0 Å². The Bertz CT molecular complexity index is 453. The van der Waals surface area contributed by atoms with E-state index in [1.807, 2.05) is 13.0 Å². The van der Waals surface area contributed by atoms with Gasteiger partial charge < -0.3 is 15.1 Å². The van der Waals surface area contributed by atoms with Crippen molar-refractivity contribution in [2.75, 3.05) is 13.2 Å². The summed E-state index contributed by atoms with van der Waals surface area (Å²) in [4.78, 5) is 14.2. The number of hydrogen-bond acceptors (Lipinski definition) is 3. The highest BCUT2D eigenvalue weighted by molar-refractivity contribution is 5.97. The smallest absolute Gasteiger partial charge is 0.257 e. The summed E-state index contributed by atoms with van der Waals surface area (Å²) in [5, 5.41) is 19.1. The normalized spacial score (nSPS) is 15.7. The lowest BCUT2D eigenvalue weighted by molar-refractivity contribution is 0.0635. The average Bonchev–Trinajstić information content (AvgIpc) is 2.89. The van der Waals surface area contributed by atoms with Crippen LogP contribution < -0.4 is 0 Å². The number of carbonyl (C=O) groups excluding carboxylic acids is 1. The number of amides is 1. The zero-order valence-corrected chi connectivity index (χ0v) is 11.3. The SMILES string of the molecule is Cc1ccc(C(=O)N(CCO)C2CCCC2)c(O)c1. The first-order valence-corrected chi connectivity index (χ1v) is 6.85. The van der Waals surface area contributed by atoms with Crippen LogP contribution in [0, 0.1) is 6.92 Å². The van der Waals surface area contributed by atoms with Gasteiger partial charge in [-0.1, -0.05) is 18.9 Å². The van der Waals surface area contributed by atoms with Gasteiger partial charge in [0.2, 0.25) is 0 Å². The minimum Gasteiger partial charge on any atom is -0.507 e. The van der Waals surface area contributed by atoms with Gasteiger partial charge >= 0.3 is 0 Å². The van der Waals surface area contributed by atoms with E-state index in [0.29, 0.717) is 12.1 Å². The Morgan fingerprint density at radius 2 is 2.05 bits per heavy atom. The van der Waals surface area contributed by atoms with Crippen molar-refractivity contribution in [3.05, 3.63) is 29.3 Å². The van der Waals surface area contributed by atoms with Crippen LogP contribution >= 0.6 is 0 Å². The van der Waals surface area contributed by atoms with Gasteiger partial charge in [0.15, 0.2) is 0 Å². The highest BCUT2D eigenvalue weighted by atomic mass is 16.3. The number of phenols is 1. The molecule has 4 nitrogen and oxygen atoms in total. The van der Waals surface area contributed by atoms with Crippen molar-refractivity contribution >= 4 is 5.91 Å². The van der Waals surface area contributed by atoms with E-state index in [1.54, 1.807) is 17.0 Å². The Morgan fingerprint density at radius 3 is 2.63 bits per heavy atom. The van der Waals surface area contributed by atoms with Crippen LogP contribution in [0.5, 0.6) is 5.75 Å². The summed E-state index contributed by atoms with van der Waals surface area (Å²) in [5.74, 6) is -0.163. The first kappa shape index (κ1) is 13.9. The van der Waals surface area contributed by atoms with Gasteiger partial charge in [0.25, 0.3) is 5.91 Å². The molecular formula is C15H21NO3. The van der Waals surface area contributed by atoms with E-state index in [2.05, 4.69) is 0 Å². The third kappa shape index (κ3) is 3.07. The van der Waals surface area contributed by atoms with Crippen LogP contribution in [0.4, 0.5) is 0 Å². The summed E-state index contributed by atoms with van der Waals surface area (Å²) in [6.07, 6.45) is 4.22. The summed E-state index contributed by atoms with van der Waals surface area (Å²) in [6.45, 7) is 2.15. The van der Waals surface area contributed by atoms with Crippen LogP contribution in [0.15, 0.2) is 18.2 Å². The van der Waals surface area contributed by atoms with Crippen LogP contribution in [-0.2, 0) is 0 Å². The van der Waals surface area contributed by atoms with Crippen molar-refractivity contribution in [3.8, 4) is 5.75 Å². The fourth-order valence-corrected chi connectivity index (χ4v) is 2.75. The highest BCUT2D eigenvalue weighted by Crippen LogP contribution is 2.27. The lowest BCUT2D eigenvalue weighted by Gasteiger charge is -2.28. The van der Waals surface area contributed by atoms with E-state index in [1.165, 1.54) is 0 Å². The Balaban J connectivity index is 2.22. The number of nitrogens with zero attached hydrogens (tertiary/aromatic N) is 1. The molecule has 0 heterocycles. The minimum atomic E-state index is -0.182. The average molecular weight is 263 g/mol. The van der Waals surface area contributed by atoms with Gasteiger partial charge in [-0.2, -0.15) is 0 Å². The third-order valence-corrected chi connectivity index (χ3v) is 3.75. The second-order valence-corrected chi connectivity index (χ2v) is 5.18. The second kappa shape index (κ2) is 6.06. The molecule has 1 aromatic rings. The molecule has 0 spiro atoms. The van der Waals surface area contributed by atoms with Gasteiger partial charge in [0.05, 0.1) is 12.2 Å². The number of carbonyl (C=O) groups is 1. The Morgan fingerprint density at radius 1 is 1.37 bits per heavy atom. The number of phenolic OH excluding ortho intramolecular Hbond substituents is 1. The van der Waals surface area contributed by atoms with E-state index in [9.17, 15) is 9.90 Å². The summed E-state index contributed by atoms with van der Waals surface area (Å²) in [7, 11) is 0. The molecule has 0 saturated heterocycles. The quantitative estimate of drug-likeness (QED) is 0.874. The number of aliphatic hydroxyl groups is 1. The summed E-state index contributed by atoms with van der Waals surface area (Å²) < 4.78 is 0. The van der Waals surface area contributed by atoms with Gasteiger partial charge in [0, 0.05) is 12.6 Å². The molecule has 4 heteroatoms. The van der Waals surface area contributed by atoms with Gasteiger partial charge in [-0.25, -0.2) is 0 Å². The minimum absolute atomic E-state index is 0.0194. The van der Waals surface area contributed by atoms with Crippen LogP contribution in [-0.4, -0.2) is 40.2 Å².